The molecule has 2 aromatic rings. The van der Waals surface area contributed by atoms with Gasteiger partial charge in [-0.25, -0.2) is 0 Å². The topological polar surface area (TPSA) is 41.1 Å². The van der Waals surface area contributed by atoms with Crippen molar-refractivity contribution in [1.82, 2.24) is 0 Å². The van der Waals surface area contributed by atoms with Crippen molar-refractivity contribution in [3.8, 4) is 0 Å². The van der Waals surface area contributed by atoms with Gasteiger partial charge >= 0.3 is 0 Å². The molecule has 0 aliphatic carbocycles. The summed E-state index contributed by atoms with van der Waals surface area (Å²) in [4.78, 5) is 11.6. The number of benzene rings is 1. The van der Waals surface area contributed by atoms with Gasteiger partial charge in [0.05, 0.1) is 17.3 Å². The smallest absolute Gasteiger partial charge is 0.243 e. The van der Waals surface area contributed by atoms with Gasteiger partial charge in [0.15, 0.2) is 0 Å². The quantitative estimate of drug-likeness (QED) is 0.890. The SMILES string of the molecule is O=C(CNc1ccsc1)Nc1ccccc1Cl. The van der Waals surface area contributed by atoms with Crippen LogP contribution in [0.5, 0.6) is 0 Å². The predicted molar refractivity (Wildman–Crippen MR) is 72.9 cm³/mol. The van der Waals surface area contributed by atoms with Crippen molar-refractivity contribution in [3.63, 3.8) is 0 Å². The number of halogens is 1. The third-order valence-corrected chi connectivity index (χ3v) is 3.14. The lowest BCUT2D eigenvalue weighted by molar-refractivity contribution is -0.114. The van der Waals surface area contributed by atoms with E-state index in [9.17, 15) is 4.79 Å². The molecule has 3 nitrogen and oxygen atoms in total. The molecule has 0 saturated heterocycles. The van der Waals surface area contributed by atoms with Gasteiger partial charge in [0.1, 0.15) is 0 Å². The Labute approximate surface area is 108 Å². The average Bonchev–Trinajstić information content (AvgIpc) is 2.82. The Bertz CT molecular complexity index is 499. The van der Waals surface area contributed by atoms with Crippen LogP contribution in [0.3, 0.4) is 0 Å². The molecule has 1 aromatic carbocycles. The number of hydrogen-bond acceptors (Lipinski definition) is 3. The molecular formula is C12H11ClN2OS. The van der Waals surface area contributed by atoms with E-state index >= 15 is 0 Å². The standard InChI is InChI=1S/C12H11ClN2OS/c13-10-3-1-2-4-11(10)15-12(16)7-14-9-5-6-17-8-9/h1-6,8,14H,7H2,(H,15,16). The highest BCUT2D eigenvalue weighted by Crippen LogP contribution is 2.20. The minimum atomic E-state index is -0.121. The zero-order valence-electron chi connectivity index (χ0n) is 8.94. The number of carbonyl (C=O) groups is 1. The van der Waals surface area contributed by atoms with Crippen LogP contribution in [0.2, 0.25) is 5.02 Å². The Morgan fingerprint density at radius 2 is 2.12 bits per heavy atom. The number of amides is 1. The number of anilines is 2. The number of hydrogen-bond donors (Lipinski definition) is 2. The lowest BCUT2D eigenvalue weighted by Gasteiger charge is -2.07. The van der Waals surface area contributed by atoms with Crippen LogP contribution in [-0.4, -0.2) is 12.5 Å². The van der Waals surface area contributed by atoms with Crippen molar-refractivity contribution in [3.05, 3.63) is 46.1 Å². The van der Waals surface area contributed by atoms with E-state index in [0.717, 1.165) is 5.69 Å². The summed E-state index contributed by atoms with van der Waals surface area (Å²) in [5.41, 5.74) is 1.58. The molecule has 0 bridgehead atoms. The highest BCUT2D eigenvalue weighted by Gasteiger charge is 2.04. The van der Waals surface area contributed by atoms with E-state index in [0.29, 0.717) is 10.7 Å². The fourth-order valence-corrected chi connectivity index (χ4v) is 2.10. The molecule has 1 aromatic heterocycles. The van der Waals surface area contributed by atoms with Crippen LogP contribution in [0.15, 0.2) is 41.1 Å². The van der Waals surface area contributed by atoms with Crippen LogP contribution in [0.4, 0.5) is 11.4 Å². The maximum Gasteiger partial charge on any atom is 0.243 e. The summed E-state index contributed by atoms with van der Waals surface area (Å²) in [7, 11) is 0. The molecule has 5 heteroatoms. The van der Waals surface area contributed by atoms with Crippen molar-refractivity contribution in [1.29, 1.82) is 0 Å². The van der Waals surface area contributed by atoms with Crippen molar-refractivity contribution in [2.45, 2.75) is 0 Å². The summed E-state index contributed by atoms with van der Waals surface area (Å²) < 4.78 is 0. The van der Waals surface area contributed by atoms with Gasteiger partial charge in [-0.1, -0.05) is 23.7 Å². The molecule has 0 radical (unpaired) electrons. The normalized spacial score (nSPS) is 9.94. The molecule has 0 saturated carbocycles. The average molecular weight is 267 g/mol. The van der Waals surface area contributed by atoms with Gasteiger partial charge < -0.3 is 10.6 Å². The van der Waals surface area contributed by atoms with E-state index in [1.807, 2.05) is 29.0 Å². The predicted octanol–water partition coefficient (Wildman–Crippen LogP) is 3.45. The molecule has 2 rings (SSSR count). The fourth-order valence-electron chi connectivity index (χ4n) is 1.30. The van der Waals surface area contributed by atoms with Gasteiger partial charge in [-0.2, -0.15) is 11.3 Å². The van der Waals surface area contributed by atoms with Crippen LogP contribution in [0.25, 0.3) is 0 Å². The molecule has 0 spiro atoms. The number of carbonyl (C=O) groups excluding carboxylic acids is 1. The fraction of sp³-hybridized carbons (Fsp3) is 0.0833. The molecule has 0 aliphatic rings. The highest BCUT2D eigenvalue weighted by atomic mass is 35.5. The molecule has 0 fully saturated rings. The van der Waals surface area contributed by atoms with Crippen LogP contribution < -0.4 is 10.6 Å². The van der Waals surface area contributed by atoms with Crippen LogP contribution in [0.1, 0.15) is 0 Å². The zero-order chi connectivity index (χ0) is 12.1. The first-order valence-corrected chi connectivity index (χ1v) is 6.38. The third kappa shape index (κ3) is 3.47. The largest absolute Gasteiger partial charge is 0.375 e. The number of para-hydroxylation sites is 1. The van der Waals surface area contributed by atoms with Crippen LogP contribution in [-0.2, 0) is 4.79 Å². The molecule has 0 atom stereocenters. The van der Waals surface area contributed by atoms with Gasteiger partial charge in [-0.15, -0.1) is 0 Å². The van der Waals surface area contributed by atoms with E-state index in [1.165, 1.54) is 0 Å². The molecular weight excluding hydrogens is 256 g/mol. The molecule has 17 heavy (non-hydrogen) atoms. The highest BCUT2D eigenvalue weighted by molar-refractivity contribution is 7.08. The minimum absolute atomic E-state index is 0.121. The lowest BCUT2D eigenvalue weighted by Crippen LogP contribution is -2.21. The van der Waals surface area contributed by atoms with Gasteiger partial charge in [0.2, 0.25) is 5.91 Å². The summed E-state index contributed by atoms with van der Waals surface area (Å²) in [6, 6.07) is 9.08. The van der Waals surface area contributed by atoms with Crippen molar-refractivity contribution < 1.29 is 4.79 Å². The van der Waals surface area contributed by atoms with E-state index in [4.69, 9.17) is 11.6 Å². The number of nitrogens with one attached hydrogen (secondary N) is 2. The second-order valence-electron chi connectivity index (χ2n) is 3.39. The number of thiophene rings is 1. The molecule has 88 valence electrons. The Kier molecular flexibility index (Phi) is 4.01. The summed E-state index contributed by atoms with van der Waals surface area (Å²) in [5.74, 6) is -0.121. The van der Waals surface area contributed by atoms with Gasteiger partial charge in [-0.05, 0) is 23.6 Å². The van der Waals surface area contributed by atoms with Crippen molar-refractivity contribution >= 4 is 40.2 Å². The van der Waals surface area contributed by atoms with Crippen molar-refractivity contribution in [2.75, 3.05) is 17.2 Å². The van der Waals surface area contributed by atoms with Gasteiger partial charge in [0.25, 0.3) is 0 Å². The summed E-state index contributed by atoms with van der Waals surface area (Å²) in [6.07, 6.45) is 0. The number of rotatable bonds is 4. The molecule has 1 amide bonds. The Hall–Kier alpha value is -1.52. The maximum absolute atomic E-state index is 11.6. The Balaban J connectivity index is 1.87. The van der Waals surface area contributed by atoms with E-state index in [1.54, 1.807) is 23.5 Å². The first-order chi connectivity index (χ1) is 8.25. The zero-order valence-corrected chi connectivity index (χ0v) is 10.5. The van der Waals surface area contributed by atoms with Gasteiger partial charge in [-0.3, -0.25) is 4.79 Å². The summed E-state index contributed by atoms with van der Waals surface area (Å²) in [5, 5.41) is 10.2. The minimum Gasteiger partial charge on any atom is -0.375 e. The van der Waals surface area contributed by atoms with Crippen LogP contribution in [0, 0.1) is 0 Å². The van der Waals surface area contributed by atoms with E-state index < -0.39 is 0 Å². The maximum atomic E-state index is 11.6. The lowest BCUT2D eigenvalue weighted by atomic mass is 10.3. The molecule has 0 aliphatic heterocycles. The second-order valence-corrected chi connectivity index (χ2v) is 4.58. The summed E-state index contributed by atoms with van der Waals surface area (Å²) in [6.45, 7) is 0.224. The van der Waals surface area contributed by atoms with Crippen molar-refractivity contribution in [2.24, 2.45) is 0 Å². The van der Waals surface area contributed by atoms with E-state index in [2.05, 4.69) is 10.6 Å². The Morgan fingerprint density at radius 3 is 2.82 bits per heavy atom. The van der Waals surface area contributed by atoms with E-state index in [-0.39, 0.29) is 12.5 Å². The Morgan fingerprint density at radius 1 is 1.29 bits per heavy atom. The first-order valence-electron chi connectivity index (χ1n) is 5.06. The monoisotopic (exact) mass is 266 g/mol. The van der Waals surface area contributed by atoms with Crippen LogP contribution >= 0.6 is 22.9 Å². The summed E-state index contributed by atoms with van der Waals surface area (Å²) >= 11 is 7.52. The third-order valence-electron chi connectivity index (χ3n) is 2.12. The molecule has 1 heterocycles. The molecule has 2 N–H and O–H groups in total. The van der Waals surface area contributed by atoms with Gasteiger partial charge in [0, 0.05) is 11.1 Å². The first kappa shape index (κ1) is 12.0. The second kappa shape index (κ2) is 5.70. The molecule has 0 unspecified atom stereocenters.